The molecule has 0 aromatic heterocycles. The third-order valence-corrected chi connectivity index (χ3v) is 19.1. The molecule has 0 unspecified atom stereocenters. The van der Waals surface area contributed by atoms with Gasteiger partial charge in [0.1, 0.15) is 0 Å². The maximum atomic E-state index is 10.1. The van der Waals surface area contributed by atoms with Crippen LogP contribution >= 0.6 is 15.9 Å². The Morgan fingerprint density at radius 1 is 0.300 bits per heavy atom. The normalized spacial score (nSPS) is 12.8. The summed E-state index contributed by atoms with van der Waals surface area (Å²) in [6.45, 7) is 8.98. The molecule has 90 heavy (non-hydrogen) atoms. The van der Waals surface area contributed by atoms with Gasteiger partial charge >= 0.3 is 7.12 Å². The summed E-state index contributed by atoms with van der Waals surface area (Å²) in [7, 11) is -1.53. The second kappa shape index (κ2) is 23.3. The lowest BCUT2D eigenvalue weighted by Crippen LogP contribution is -2.31. The Labute approximate surface area is 534 Å². The SMILES string of the molecule is CC1(C)c2cc(Br)ccc2-c2ccc(C#N)cc21.CC1(C)c2cc(C#N)ccc2-c2ccc(-c3c4ccccc4c(-c4ccc(-c5ccccc5)cc4)c4ccccc34)cc21.OB(O)c1c2ccccc2c(-c2ccc(-c3ccccc3)cc2)c2ccccc12. The number of hydrogen-bond donors (Lipinski definition) is 2. The number of halogens is 1. The van der Waals surface area contributed by atoms with Crippen molar-refractivity contribution in [3.63, 3.8) is 0 Å². The van der Waals surface area contributed by atoms with Crippen LogP contribution in [0.5, 0.6) is 0 Å². The van der Waals surface area contributed by atoms with Gasteiger partial charge in [-0.1, -0.05) is 280 Å². The number of rotatable bonds is 6. The molecule has 0 saturated carbocycles. The summed E-state index contributed by atoms with van der Waals surface area (Å²) >= 11 is 3.54. The second-order valence-electron chi connectivity index (χ2n) is 24.4. The van der Waals surface area contributed by atoms with Crippen LogP contribution in [-0.4, -0.2) is 17.2 Å². The molecule has 0 radical (unpaired) electrons. The summed E-state index contributed by atoms with van der Waals surface area (Å²) in [4.78, 5) is 0. The van der Waals surface area contributed by atoms with Crippen molar-refractivity contribution in [2.24, 2.45) is 0 Å². The molecular formula is C84H60BBrN2O2. The zero-order valence-electron chi connectivity index (χ0n) is 50.3. The van der Waals surface area contributed by atoms with E-state index in [1.165, 1.54) is 111 Å². The van der Waals surface area contributed by atoms with Crippen LogP contribution in [0.4, 0.5) is 0 Å². The van der Waals surface area contributed by atoms with E-state index in [2.05, 4.69) is 250 Å². The molecule has 14 aromatic rings. The van der Waals surface area contributed by atoms with E-state index in [0.29, 0.717) is 11.0 Å². The molecule has 0 fully saturated rings. The Bertz CT molecular complexity index is 5120. The Morgan fingerprint density at radius 2 is 0.578 bits per heavy atom. The standard InChI is InChI=1S/C42H29N.C26H19BO2.C16H12BrN/c1-42(2)38-24-27(26-43)16-22-32(38)33-23-21-31(25-39(33)42)41-36-14-8-6-12-34(36)40(35-13-7-9-15-37(35)41)30-19-17-29(18-20-30)28-10-4-3-5-11-28;28-27(29)26-23-12-6-4-10-21(23)25(22-11-5-7-13-24(22)26)20-16-14-19(15-17-20)18-8-2-1-3-9-18;1-16(2)14-7-10(9-18)3-5-12(14)13-6-4-11(17)8-15(13)16/h3-25H,1-2H3;1-17,28-29H;3-8H,1-2H3. The van der Waals surface area contributed by atoms with Crippen molar-refractivity contribution in [1.82, 2.24) is 0 Å². The number of nitriles is 2. The van der Waals surface area contributed by atoms with Crippen LogP contribution in [0, 0.1) is 22.7 Å². The number of benzene rings is 14. The topological polar surface area (TPSA) is 88.0 Å². The zero-order valence-corrected chi connectivity index (χ0v) is 51.9. The van der Waals surface area contributed by atoms with Crippen molar-refractivity contribution in [3.05, 3.63) is 317 Å². The van der Waals surface area contributed by atoms with Crippen LogP contribution in [0.3, 0.4) is 0 Å². The minimum Gasteiger partial charge on any atom is -0.423 e. The van der Waals surface area contributed by atoms with Crippen molar-refractivity contribution in [1.29, 1.82) is 10.5 Å². The monoisotopic (exact) mass is 1220 g/mol. The van der Waals surface area contributed by atoms with Crippen LogP contribution in [0.2, 0.25) is 0 Å². The van der Waals surface area contributed by atoms with E-state index in [1.807, 2.05) is 84.9 Å². The van der Waals surface area contributed by atoms with Crippen molar-refractivity contribution in [2.75, 3.05) is 0 Å². The van der Waals surface area contributed by atoms with Crippen molar-refractivity contribution >= 4 is 71.6 Å². The Hall–Kier alpha value is -10.4. The first-order valence-corrected chi connectivity index (χ1v) is 31.2. The molecule has 0 aliphatic heterocycles. The number of hydrogen-bond acceptors (Lipinski definition) is 4. The maximum absolute atomic E-state index is 10.1. The molecule has 0 heterocycles. The van der Waals surface area contributed by atoms with Gasteiger partial charge in [-0.3, -0.25) is 0 Å². The third kappa shape index (κ3) is 9.97. The molecule has 0 spiro atoms. The van der Waals surface area contributed by atoms with E-state index in [1.54, 1.807) is 0 Å². The second-order valence-corrected chi connectivity index (χ2v) is 25.3. The third-order valence-electron chi connectivity index (χ3n) is 18.6. The maximum Gasteiger partial charge on any atom is 0.489 e. The molecule has 2 aliphatic carbocycles. The van der Waals surface area contributed by atoms with Gasteiger partial charge in [0, 0.05) is 15.3 Å². The smallest absolute Gasteiger partial charge is 0.423 e. The minimum atomic E-state index is -1.53. The molecule has 2 aliphatic rings. The van der Waals surface area contributed by atoms with Gasteiger partial charge in [0.05, 0.1) is 23.3 Å². The minimum absolute atomic E-state index is 0.0404. The van der Waals surface area contributed by atoms with E-state index in [0.717, 1.165) is 42.7 Å². The van der Waals surface area contributed by atoms with Gasteiger partial charge in [-0.2, -0.15) is 10.5 Å². The summed E-state index contributed by atoms with van der Waals surface area (Å²) < 4.78 is 1.10. The molecule has 0 bridgehead atoms. The fourth-order valence-electron chi connectivity index (χ4n) is 14.2. The molecule has 16 rings (SSSR count). The highest BCUT2D eigenvalue weighted by Gasteiger charge is 2.37. The molecule has 14 aromatic carbocycles. The van der Waals surface area contributed by atoms with Gasteiger partial charge in [0.25, 0.3) is 0 Å². The first-order valence-electron chi connectivity index (χ1n) is 30.4. The van der Waals surface area contributed by atoms with Crippen LogP contribution in [0.15, 0.2) is 284 Å². The van der Waals surface area contributed by atoms with E-state index < -0.39 is 7.12 Å². The van der Waals surface area contributed by atoms with Crippen LogP contribution in [0.1, 0.15) is 61.1 Å². The van der Waals surface area contributed by atoms with Crippen LogP contribution in [-0.2, 0) is 10.8 Å². The Morgan fingerprint density at radius 3 is 0.956 bits per heavy atom. The molecule has 0 atom stereocenters. The fraction of sp³-hybridized carbons (Fsp3) is 0.0714. The Balaban J connectivity index is 0.000000129. The van der Waals surface area contributed by atoms with E-state index in [4.69, 9.17) is 5.26 Å². The molecule has 0 saturated heterocycles. The fourth-order valence-corrected chi connectivity index (χ4v) is 14.5. The highest BCUT2D eigenvalue weighted by Crippen LogP contribution is 2.53. The van der Waals surface area contributed by atoms with Crippen LogP contribution < -0.4 is 5.46 Å². The molecule has 0 amide bonds. The predicted molar refractivity (Wildman–Crippen MR) is 379 cm³/mol. The Kier molecular flexibility index (Phi) is 14.8. The highest BCUT2D eigenvalue weighted by molar-refractivity contribution is 9.10. The number of nitrogens with zero attached hydrogens (tertiary/aromatic N) is 2. The van der Waals surface area contributed by atoms with Gasteiger partial charge in [-0.25, -0.2) is 0 Å². The van der Waals surface area contributed by atoms with Crippen LogP contribution in [0.25, 0.3) is 121 Å². The summed E-state index contributed by atoms with van der Waals surface area (Å²) in [5.41, 5.74) is 23.9. The van der Waals surface area contributed by atoms with Gasteiger partial charge in [0.2, 0.25) is 0 Å². The van der Waals surface area contributed by atoms with Crippen molar-refractivity contribution in [3.8, 4) is 90.0 Å². The molecule has 6 heteroatoms. The summed E-state index contributed by atoms with van der Waals surface area (Å²) in [6, 6.07) is 102. The van der Waals surface area contributed by atoms with Gasteiger partial charge < -0.3 is 10.0 Å². The summed E-state index contributed by atoms with van der Waals surface area (Å²) in [6.07, 6.45) is 0. The summed E-state index contributed by atoms with van der Waals surface area (Å²) in [5.74, 6) is 0. The lowest BCUT2D eigenvalue weighted by atomic mass is 9.72. The average molecular weight is 1220 g/mol. The quantitative estimate of drug-likeness (QED) is 0.128. The first kappa shape index (κ1) is 57.3. The van der Waals surface area contributed by atoms with Crippen molar-refractivity contribution in [2.45, 2.75) is 38.5 Å². The average Bonchev–Trinajstić information content (AvgIpc) is 1.29. The summed E-state index contributed by atoms with van der Waals surface area (Å²) in [5, 5.41) is 47.6. The first-order chi connectivity index (χ1) is 43.8. The van der Waals surface area contributed by atoms with Gasteiger partial charge in [-0.05, 0) is 191 Å². The molecule has 2 N–H and O–H groups in total. The van der Waals surface area contributed by atoms with Gasteiger partial charge in [-0.15, -0.1) is 0 Å². The lowest BCUT2D eigenvalue weighted by molar-refractivity contribution is 0.426. The van der Waals surface area contributed by atoms with Crippen molar-refractivity contribution < 1.29 is 10.0 Å². The van der Waals surface area contributed by atoms with E-state index in [-0.39, 0.29) is 10.8 Å². The predicted octanol–water partition coefficient (Wildman–Crippen LogP) is 20.8. The zero-order chi connectivity index (χ0) is 61.8. The van der Waals surface area contributed by atoms with E-state index >= 15 is 0 Å². The molecular weight excluding hydrogens is 1160 g/mol. The lowest BCUT2D eigenvalue weighted by Gasteiger charge is -2.23. The van der Waals surface area contributed by atoms with E-state index in [9.17, 15) is 15.3 Å². The molecule has 428 valence electrons. The largest absolute Gasteiger partial charge is 0.489 e. The van der Waals surface area contributed by atoms with Gasteiger partial charge in [0.15, 0.2) is 0 Å². The number of fused-ring (bicyclic) bond motifs is 10. The molecule has 4 nitrogen and oxygen atoms in total. The highest BCUT2D eigenvalue weighted by atomic mass is 79.9.